The number of aliphatic hydroxyl groups is 2. The number of ether oxygens (including phenoxy) is 1. The summed E-state index contributed by atoms with van der Waals surface area (Å²) in [5, 5.41) is 28.6. The van der Waals surface area contributed by atoms with E-state index in [1.165, 1.54) is 24.3 Å². The van der Waals surface area contributed by atoms with E-state index in [-0.39, 0.29) is 5.75 Å². The molecule has 2 N–H and O–H groups in total. The molecule has 0 spiro atoms. The average Bonchev–Trinajstić information content (AvgIpc) is 3.05. The molecule has 2 aromatic carbocycles. The second kappa shape index (κ2) is 8.29. The average molecular weight is 477 g/mol. The number of halogens is 4. The molecule has 3 rings (SSSR count). The number of alkyl halides is 3. The van der Waals surface area contributed by atoms with Gasteiger partial charge in [0.1, 0.15) is 22.4 Å². The second-order valence-electron chi connectivity index (χ2n) is 6.94. The first kappa shape index (κ1) is 23.3. The van der Waals surface area contributed by atoms with Crippen molar-refractivity contribution in [3.05, 3.63) is 58.6 Å². The minimum Gasteiger partial charge on any atom is -0.486 e. The fraction of sp³-hybridized carbons (Fsp3) is 0.316. The van der Waals surface area contributed by atoms with Crippen molar-refractivity contribution in [1.29, 1.82) is 5.26 Å². The second-order valence-corrected chi connectivity index (χ2v) is 9.26. The predicted molar refractivity (Wildman–Crippen MR) is 103 cm³/mol. The Morgan fingerprint density at radius 2 is 1.90 bits per heavy atom. The normalized spacial score (nSPS) is 22.3. The molecule has 2 atom stereocenters. The molecule has 0 radical (unpaired) electrons. The van der Waals surface area contributed by atoms with Crippen LogP contribution < -0.4 is 4.74 Å². The van der Waals surface area contributed by atoms with Gasteiger partial charge < -0.3 is 14.9 Å². The summed E-state index contributed by atoms with van der Waals surface area (Å²) in [5.74, 6) is 0.225. The fourth-order valence-corrected chi connectivity index (χ4v) is 5.13. The van der Waals surface area contributed by atoms with Gasteiger partial charge in [0.25, 0.3) is 0 Å². The van der Waals surface area contributed by atoms with Gasteiger partial charge in [-0.05, 0) is 42.5 Å². The molecule has 2 aromatic rings. The smallest absolute Gasteiger partial charge is 0.416 e. The molecular formula is C19H16ClF3N2O5S. The van der Waals surface area contributed by atoms with Crippen molar-refractivity contribution in [3.63, 3.8) is 0 Å². The monoisotopic (exact) mass is 476 g/mol. The molecule has 1 heterocycles. The summed E-state index contributed by atoms with van der Waals surface area (Å²) < 4.78 is 70.9. The van der Waals surface area contributed by atoms with E-state index in [0.29, 0.717) is 17.7 Å². The van der Waals surface area contributed by atoms with Crippen molar-refractivity contribution < 1.29 is 36.5 Å². The molecule has 7 nitrogen and oxygen atoms in total. The first-order chi connectivity index (χ1) is 14.4. The summed E-state index contributed by atoms with van der Waals surface area (Å²) in [4.78, 5) is -0.568. The first-order valence-electron chi connectivity index (χ1n) is 8.78. The van der Waals surface area contributed by atoms with Gasteiger partial charge in [-0.1, -0.05) is 11.6 Å². The quantitative estimate of drug-likeness (QED) is 0.685. The molecule has 166 valence electrons. The van der Waals surface area contributed by atoms with Crippen molar-refractivity contribution >= 4 is 21.6 Å². The maximum absolute atomic E-state index is 13.0. The summed E-state index contributed by atoms with van der Waals surface area (Å²) in [7, 11) is -4.41. The Morgan fingerprint density at radius 1 is 1.26 bits per heavy atom. The van der Waals surface area contributed by atoms with E-state index in [9.17, 15) is 31.8 Å². The van der Waals surface area contributed by atoms with E-state index in [4.69, 9.17) is 21.6 Å². The Bertz CT molecular complexity index is 1120. The molecule has 0 aliphatic carbocycles. The zero-order valence-electron chi connectivity index (χ0n) is 15.7. The first-order valence-corrected chi connectivity index (χ1v) is 10.6. The van der Waals surface area contributed by atoms with Gasteiger partial charge in [-0.25, -0.2) is 8.42 Å². The third-order valence-electron chi connectivity index (χ3n) is 4.83. The largest absolute Gasteiger partial charge is 0.486 e. The van der Waals surface area contributed by atoms with Crippen molar-refractivity contribution in [2.45, 2.75) is 22.8 Å². The SMILES string of the molecule is N#Cc1ccc(OC2CN(S(=O)(=O)c3ccc(C(F)(F)F)cc3Cl)C[C@@]2(O)CO)cc1. The number of rotatable bonds is 5. The van der Waals surface area contributed by atoms with Gasteiger partial charge in [0.2, 0.25) is 10.0 Å². The highest BCUT2D eigenvalue weighted by Crippen LogP contribution is 2.36. The summed E-state index contributed by atoms with van der Waals surface area (Å²) in [6, 6.07) is 9.57. The molecule has 0 saturated carbocycles. The Kier molecular flexibility index (Phi) is 6.23. The number of nitrogens with zero attached hydrogens (tertiary/aromatic N) is 2. The lowest BCUT2D eigenvalue weighted by atomic mass is 10.0. The van der Waals surface area contributed by atoms with Gasteiger partial charge in [0.05, 0.1) is 35.4 Å². The highest BCUT2D eigenvalue weighted by molar-refractivity contribution is 7.89. The zero-order valence-corrected chi connectivity index (χ0v) is 17.2. The molecule has 1 fully saturated rings. The predicted octanol–water partition coefficient (Wildman–Crippen LogP) is 2.41. The van der Waals surface area contributed by atoms with Gasteiger partial charge >= 0.3 is 6.18 Å². The van der Waals surface area contributed by atoms with Gasteiger partial charge in [0, 0.05) is 6.54 Å². The number of nitriles is 1. The highest BCUT2D eigenvalue weighted by Gasteiger charge is 2.51. The lowest BCUT2D eigenvalue weighted by Crippen LogP contribution is -2.48. The molecular weight excluding hydrogens is 461 g/mol. The van der Waals surface area contributed by atoms with E-state index in [1.54, 1.807) is 0 Å². The van der Waals surface area contributed by atoms with Crippen molar-refractivity contribution in [1.82, 2.24) is 4.31 Å². The maximum atomic E-state index is 13.0. The van der Waals surface area contributed by atoms with Crippen molar-refractivity contribution in [2.75, 3.05) is 19.7 Å². The van der Waals surface area contributed by atoms with Crippen LogP contribution >= 0.6 is 11.6 Å². The van der Waals surface area contributed by atoms with Crippen molar-refractivity contribution in [2.24, 2.45) is 0 Å². The number of β-amino-alcohol motifs (C(OH)–C–C–N with tert-alkyl or cyclic N) is 1. The standard InChI is InChI=1S/C19H16ClF3N2O5S/c20-15-7-13(19(21,22)23)3-6-16(15)31(28,29)25-9-17(18(27,10-25)11-26)30-14-4-1-12(8-24)2-5-14/h1-7,17,26-27H,9-11H2/t17?,18-/m1/s1. The number of aliphatic hydroxyl groups excluding tert-OH is 1. The summed E-state index contributed by atoms with van der Waals surface area (Å²) in [6.07, 6.45) is -5.88. The Hall–Kier alpha value is -2.36. The molecule has 0 amide bonds. The van der Waals surface area contributed by atoms with Crippen LogP contribution in [0.5, 0.6) is 5.75 Å². The Labute approximate surface area is 180 Å². The summed E-state index contributed by atoms with van der Waals surface area (Å²) >= 11 is 5.82. The van der Waals surface area contributed by atoms with Crippen LogP contribution in [0.15, 0.2) is 47.4 Å². The molecule has 1 aliphatic rings. The van der Waals surface area contributed by atoms with Gasteiger partial charge in [-0.3, -0.25) is 0 Å². The maximum Gasteiger partial charge on any atom is 0.416 e. The summed E-state index contributed by atoms with van der Waals surface area (Å²) in [6.45, 7) is -1.79. The van der Waals surface area contributed by atoms with Crippen LogP contribution in [0.1, 0.15) is 11.1 Å². The minimum atomic E-state index is -4.70. The Balaban J connectivity index is 1.88. The molecule has 1 aliphatic heterocycles. The van der Waals surface area contributed by atoms with Crippen LogP contribution in [-0.2, 0) is 16.2 Å². The van der Waals surface area contributed by atoms with E-state index in [1.807, 2.05) is 6.07 Å². The number of hydrogen-bond donors (Lipinski definition) is 2. The lowest BCUT2D eigenvalue weighted by Gasteiger charge is -2.27. The van der Waals surface area contributed by atoms with Crippen molar-refractivity contribution in [3.8, 4) is 11.8 Å². The molecule has 0 aromatic heterocycles. The van der Waals surface area contributed by atoms with Crippen LogP contribution in [0.3, 0.4) is 0 Å². The van der Waals surface area contributed by atoms with Gasteiger partial charge in [-0.15, -0.1) is 0 Å². The fourth-order valence-electron chi connectivity index (χ4n) is 3.11. The summed E-state index contributed by atoms with van der Waals surface area (Å²) in [5.41, 5.74) is -2.72. The third kappa shape index (κ3) is 4.63. The third-order valence-corrected chi connectivity index (χ3v) is 7.13. The molecule has 1 unspecified atom stereocenters. The number of benzene rings is 2. The highest BCUT2D eigenvalue weighted by atomic mass is 35.5. The van der Waals surface area contributed by atoms with Crippen LogP contribution in [-0.4, -0.2) is 54.3 Å². The van der Waals surface area contributed by atoms with Crippen LogP contribution in [0.2, 0.25) is 5.02 Å². The molecule has 31 heavy (non-hydrogen) atoms. The molecule has 0 bridgehead atoms. The van der Waals surface area contributed by atoms with Crippen LogP contribution in [0.25, 0.3) is 0 Å². The van der Waals surface area contributed by atoms with E-state index >= 15 is 0 Å². The van der Waals surface area contributed by atoms with E-state index in [2.05, 4.69) is 0 Å². The van der Waals surface area contributed by atoms with Crippen LogP contribution in [0, 0.1) is 11.3 Å². The lowest BCUT2D eigenvalue weighted by molar-refractivity contribution is -0.137. The van der Waals surface area contributed by atoms with E-state index in [0.717, 1.165) is 10.4 Å². The minimum absolute atomic E-state index is 0.225. The zero-order chi connectivity index (χ0) is 23.0. The molecule has 1 saturated heterocycles. The number of hydrogen-bond acceptors (Lipinski definition) is 6. The van der Waals surface area contributed by atoms with Gasteiger partial charge in [0.15, 0.2) is 0 Å². The topological polar surface area (TPSA) is 111 Å². The van der Waals surface area contributed by atoms with Gasteiger partial charge in [-0.2, -0.15) is 22.7 Å². The number of sulfonamides is 1. The Morgan fingerprint density at radius 3 is 2.42 bits per heavy atom. The van der Waals surface area contributed by atoms with E-state index < -0.39 is 63.1 Å². The molecule has 12 heteroatoms. The van der Waals surface area contributed by atoms with Crippen LogP contribution in [0.4, 0.5) is 13.2 Å².